The molecule has 33 heavy (non-hydrogen) atoms. The highest BCUT2D eigenvalue weighted by Crippen LogP contribution is 2.35. The van der Waals surface area contributed by atoms with Gasteiger partial charge < -0.3 is 5.32 Å². The van der Waals surface area contributed by atoms with Gasteiger partial charge in [0.2, 0.25) is 0 Å². The number of nitrogens with one attached hydrogen (secondary N) is 3. The molecule has 0 bridgehead atoms. The average molecular weight is 446 g/mol. The summed E-state index contributed by atoms with van der Waals surface area (Å²) in [7, 11) is 0. The van der Waals surface area contributed by atoms with E-state index in [2.05, 4.69) is 20.9 Å². The first-order valence-corrected chi connectivity index (χ1v) is 10.3. The first kappa shape index (κ1) is 20.4. The van der Waals surface area contributed by atoms with Crippen LogP contribution in [0, 0.1) is 22.0 Å². The number of hydrogen-bond donors (Lipinski definition) is 3. The van der Waals surface area contributed by atoms with Gasteiger partial charge in [-0.15, -0.1) is 0 Å². The van der Waals surface area contributed by atoms with Crippen LogP contribution in [0.4, 0.5) is 17.2 Å². The van der Waals surface area contributed by atoms with Gasteiger partial charge in [0, 0.05) is 17.7 Å². The number of nitrogens with zero attached hydrogens (tertiary/aromatic N) is 3. The molecule has 0 unspecified atom stereocenters. The number of non-ortho nitro benzene ring substituents is 1. The molecule has 1 saturated heterocycles. The molecule has 1 aliphatic carbocycles. The van der Waals surface area contributed by atoms with Gasteiger partial charge in [0.05, 0.1) is 33.3 Å². The Morgan fingerprint density at radius 1 is 1.09 bits per heavy atom. The number of amides is 3. The molecule has 166 valence electrons. The summed E-state index contributed by atoms with van der Waals surface area (Å²) in [6.07, 6.45) is 4.89. The van der Waals surface area contributed by atoms with Crippen molar-refractivity contribution in [2.45, 2.75) is 12.8 Å². The molecule has 3 aromatic rings. The summed E-state index contributed by atoms with van der Waals surface area (Å²) in [6.45, 7) is 0. The van der Waals surface area contributed by atoms with E-state index in [-0.39, 0.29) is 40.7 Å². The van der Waals surface area contributed by atoms with Crippen LogP contribution < -0.4 is 10.7 Å². The van der Waals surface area contributed by atoms with Gasteiger partial charge >= 0.3 is 0 Å². The molecule has 0 saturated carbocycles. The number of aromatic nitrogens is 2. The van der Waals surface area contributed by atoms with Crippen LogP contribution in [0.15, 0.2) is 54.6 Å². The zero-order valence-electron chi connectivity index (χ0n) is 17.1. The van der Waals surface area contributed by atoms with Crippen LogP contribution in [-0.4, -0.2) is 37.9 Å². The summed E-state index contributed by atoms with van der Waals surface area (Å²) in [5, 5.41) is 21.9. The van der Waals surface area contributed by atoms with Gasteiger partial charge in [0.1, 0.15) is 0 Å². The maximum atomic E-state index is 12.8. The first-order chi connectivity index (χ1) is 15.9. The molecule has 2 aromatic carbocycles. The highest BCUT2D eigenvalue weighted by molar-refractivity contribution is 6.09. The lowest BCUT2D eigenvalue weighted by Gasteiger charge is -2.17. The molecule has 1 fully saturated rings. The fourth-order valence-corrected chi connectivity index (χ4v) is 4.16. The van der Waals surface area contributed by atoms with E-state index in [0.29, 0.717) is 29.4 Å². The third-order valence-corrected chi connectivity index (χ3v) is 5.86. The second-order valence-electron chi connectivity index (χ2n) is 7.87. The van der Waals surface area contributed by atoms with Gasteiger partial charge in [0.15, 0.2) is 5.82 Å². The van der Waals surface area contributed by atoms with E-state index in [1.54, 1.807) is 18.2 Å². The number of allylic oxidation sites excluding steroid dienone is 2. The normalized spacial score (nSPS) is 19.6. The molecule has 3 N–H and O–H groups in total. The highest BCUT2D eigenvalue weighted by atomic mass is 16.6. The molecule has 2 heterocycles. The third kappa shape index (κ3) is 3.59. The number of nitro groups is 1. The molecule has 2 atom stereocenters. The van der Waals surface area contributed by atoms with E-state index in [9.17, 15) is 24.5 Å². The number of carbonyl (C=O) groups excluding carboxylic acids is 3. The smallest absolute Gasteiger partial charge is 0.270 e. The number of rotatable bonds is 5. The van der Waals surface area contributed by atoms with Gasteiger partial charge in [-0.3, -0.25) is 35.0 Å². The summed E-state index contributed by atoms with van der Waals surface area (Å²) >= 11 is 0. The van der Waals surface area contributed by atoms with Crippen molar-refractivity contribution >= 4 is 45.8 Å². The van der Waals surface area contributed by atoms with Crippen molar-refractivity contribution in [1.82, 2.24) is 15.2 Å². The number of benzene rings is 2. The van der Waals surface area contributed by atoms with Crippen molar-refractivity contribution in [2.24, 2.45) is 11.8 Å². The van der Waals surface area contributed by atoms with Gasteiger partial charge in [0.25, 0.3) is 23.4 Å². The molecule has 0 radical (unpaired) electrons. The summed E-state index contributed by atoms with van der Waals surface area (Å²) in [4.78, 5) is 48.7. The van der Waals surface area contributed by atoms with E-state index in [1.165, 1.54) is 24.3 Å². The Morgan fingerprint density at radius 3 is 2.52 bits per heavy atom. The second kappa shape index (κ2) is 7.86. The number of carbonyl (C=O) groups is 3. The Labute approximate surface area is 186 Å². The highest BCUT2D eigenvalue weighted by Gasteiger charge is 2.47. The van der Waals surface area contributed by atoms with Crippen molar-refractivity contribution in [3.63, 3.8) is 0 Å². The van der Waals surface area contributed by atoms with Crippen LogP contribution in [0.25, 0.3) is 10.9 Å². The van der Waals surface area contributed by atoms with Crippen LogP contribution in [-0.2, 0) is 9.59 Å². The van der Waals surface area contributed by atoms with E-state index in [4.69, 9.17) is 0 Å². The number of fused-ring (bicyclic) bond motifs is 2. The Balaban J connectivity index is 1.34. The van der Waals surface area contributed by atoms with Crippen LogP contribution in [0.5, 0.6) is 0 Å². The summed E-state index contributed by atoms with van der Waals surface area (Å²) in [6, 6.07) is 10.5. The number of anilines is 2. The SMILES string of the molecule is O=C(Nc1n[nH]c2ccc([N+](=O)[O-])cc12)c1cccc(NN2C(=O)[C@H]3CC=CC[C@H]3C2=O)c1. The lowest BCUT2D eigenvalue weighted by molar-refractivity contribution is -0.384. The molecule has 1 aromatic heterocycles. The minimum atomic E-state index is -0.527. The summed E-state index contributed by atoms with van der Waals surface area (Å²) in [5.74, 6) is -1.64. The van der Waals surface area contributed by atoms with Crippen molar-refractivity contribution in [3.05, 3.63) is 70.3 Å². The number of H-pyrrole nitrogens is 1. The van der Waals surface area contributed by atoms with Crippen LogP contribution in [0.3, 0.4) is 0 Å². The van der Waals surface area contributed by atoms with Crippen molar-refractivity contribution in [3.8, 4) is 0 Å². The first-order valence-electron chi connectivity index (χ1n) is 10.3. The number of nitro benzene ring substituents is 1. The van der Waals surface area contributed by atoms with Gasteiger partial charge in [-0.25, -0.2) is 0 Å². The van der Waals surface area contributed by atoms with Crippen molar-refractivity contribution in [2.75, 3.05) is 10.7 Å². The molecule has 0 spiro atoms. The molecule has 2 aliphatic rings. The zero-order valence-corrected chi connectivity index (χ0v) is 17.1. The van der Waals surface area contributed by atoms with Gasteiger partial charge in [-0.2, -0.15) is 10.1 Å². The summed E-state index contributed by atoms with van der Waals surface area (Å²) in [5.41, 5.74) is 3.89. The lowest BCUT2D eigenvalue weighted by Crippen LogP contribution is -2.36. The lowest BCUT2D eigenvalue weighted by atomic mass is 9.85. The molecule has 1 aliphatic heterocycles. The molecule has 11 nitrogen and oxygen atoms in total. The fourth-order valence-electron chi connectivity index (χ4n) is 4.16. The molecular weight excluding hydrogens is 428 g/mol. The second-order valence-corrected chi connectivity index (χ2v) is 7.87. The summed E-state index contributed by atoms with van der Waals surface area (Å²) < 4.78 is 0. The Hall–Kier alpha value is -4.54. The Bertz CT molecular complexity index is 1320. The molecule has 3 amide bonds. The minimum Gasteiger partial charge on any atom is -0.305 e. The zero-order chi connectivity index (χ0) is 23.1. The predicted octanol–water partition coefficient (Wildman–Crippen LogP) is 3.00. The van der Waals surface area contributed by atoms with Crippen molar-refractivity contribution < 1.29 is 19.3 Å². The standard InChI is InChI=1S/C22H18N6O5/c29-20(23-19-17-11-14(28(32)33)8-9-18(17)24-25-19)12-4-3-5-13(10-12)26-27-21(30)15-6-1-2-7-16(15)22(27)31/h1-5,8-11,15-16,26H,6-7H2,(H2,23,24,25,29)/t15-,16+. The molecule has 11 heteroatoms. The maximum Gasteiger partial charge on any atom is 0.270 e. The monoisotopic (exact) mass is 446 g/mol. The van der Waals surface area contributed by atoms with Gasteiger partial charge in [-0.05, 0) is 37.1 Å². The topological polar surface area (TPSA) is 150 Å². The Morgan fingerprint density at radius 2 is 1.82 bits per heavy atom. The van der Waals surface area contributed by atoms with Gasteiger partial charge in [-0.1, -0.05) is 18.2 Å². The quantitative estimate of drug-likeness (QED) is 0.236. The molecular formula is C22H18N6O5. The largest absolute Gasteiger partial charge is 0.305 e. The Kier molecular flexibility index (Phi) is 4.85. The molecule has 5 rings (SSSR count). The minimum absolute atomic E-state index is 0.124. The van der Waals surface area contributed by atoms with E-state index in [0.717, 1.165) is 5.01 Å². The fraction of sp³-hybridized carbons (Fsp3) is 0.182. The van der Waals surface area contributed by atoms with Crippen LogP contribution in [0.1, 0.15) is 23.2 Å². The average Bonchev–Trinajstić information content (AvgIpc) is 3.33. The van der Waals surface area contributed by atoms with Crippen LogP contribution >= 0.6 is 0 Å². The predicted molar refractivity (Wildman–Crippen MR) is 118 cm³/mol. The number of aromatic amines is 1. The third-order valence-electron chi connectivity index (χ3n) is 5.86. The number of hydrazine groups is 1. The maximum absolute atomic E-state index is 12.8. The number of hydrogen-bond acceptors (Lipinski definition) is 7. The van der Waals surface area contributed by atoms with E-state index in [1.807, 2.05) is 12.2 Å². The van der Waals surface area contributed by atoms with E-state index >= 15 is 0 Å². The van der Waals surface area contributed by atoms with E-state index < -0.39 is 10.8 Å². The van der Waals surface area contributed by atoms with Crippen molar-refractivity contribution in [1.29, 1.82) is 0 Å². The number of imide groups is 1. The van der Waals surface area contributed by atoms with Crippen LogP contribution in [0.2, 0.25) is 0 Å².